The zero-order valence-corrected chi connectivity index (χ0v) is 14.2. The number of carbonyl (C=O) groups is 1. The van der Waals surface area contributed by atoms with E-state index in [1.807, 2.05) is 0 Å². The molecule has 7 nitrogen and oxygen atoms in total. The fourth-order valence-corrected chi connectivity index (χ4v) is 3.49. The van der Waals surface area contributed by atoms with E-state index in [0.717, 1.165) is 5.56 Å². The van der Waals surface area contributed by atoms with Crippen molar-refractivity contribution in [2.75, 3.05) is 6.26 Å². The van der Waals surface area contributed by atoms with Gasteiger partial charge in [0.15, 0.2) is 9.84 Å². The van der Waals surface area contributed by atoms with Crippen LogP contribution in [0.1, 0.15) is 28.9 Å². The zero-order chi connectivity index (χ0) is 17.7. The molecule has 1 heterocycles. The van der Waals surface area contributed by atoms with Crippen LogP contribution >= 0.6 is 0 Å². The van der Waals surface area contributed by atoms with Gasteiger partial charge in [-0.3, -0.25) is 4.79 Å². The van der Waals surface area contributed by atoms with Gasteiger partial charge in [-0.2, -0.15) is 0 Å². The van der Waals surface area contributed by atoms with E-state index in [-0.39, 0.29) is 5.69 Å². The molecule has 0 aliphatic heterocycles. The Morgan fingerprint density at radius 2 is 2.08 bits per heavy atom. The van der Waals surface area contributed by atoms with Crippen molar-refractivity contribution < 1.29 is 18.3 Å². The van der Waals surface area contributed by atoms with Crippen molar-refractivity contribution in [3.05, 3.63) is 48.0 Å². The summed E-state index contributed by atoms with van der Waals surface area (Å²) < 4.78 is 25.1. The monoisotopic (exact) mass is 351 g/mol. The Morgan fingerprint density at radius 1 is 1.38 bits per heavy atom. The lowest BCUT2D eigenvalue weighted by molar-refractivity contribution is 0.0995. The van der Waals surface area contributed by atoms with Crippen molar-refractivity contribution >= 4 is 15.7 Å². The summed E-state index contributed by atoms with van der Waals surface area (Å²) in [5, 5.41) is 10.1. The fraction of sp³-hybridized carbons (Fsp3) is 0.375. The largest absolute Gasteiger partial charge is 0.391 e. The van der Waals surface area contributed by atoms with Crippen LogP contribution in [0.15, 0.2) is 41.7 Å². The molecule has 0 bridgehead atoms. The number of primary amides is 1. The average Bonchev–Trinajstić information content (AvgIpc) is 2.95. The van der Waals surface area contributed by atoms with Gasteiger partial charge in [-0.25, -0.2) is 13.4 Å². The van der Waals surface area contributed by atoms with Crippen molar-refractivity contribution in [2.24, 2.45) is 5.73 Å². The SMILES string of the molecule is CS(=O)(=O)c1ccccc1CCC[C@H](O)Cn1cnc(C(N)=O)c1. The molecule has 3 N–H and O–H groups in total. The summed E-state index contributed by atoms with van der Waals surface area (Å²) in [5.41, 5.74) is 6.04. The second-order valence-electron chi connectivity index (χ2n) is 5.75. The highest BCUT2D eigenvalue weighted by atomic mass is 32.2. The molecule has 1 atom stereocenters. The van der Waals surface area contributed by atoms with Crippen molar-refractivity contribution in [1.82, 2.24) is 9.55 Å². The maximum atomic E-state index is 11.8. The molecular formula is C16H21N3O4S. The topological polar surface area (TPSA) is 115 Å². The quantitative estimate of drug-likeness (QED) is 0.729. The van der Waals surface area contributed by atoms with Gasteiger partial charge >= 0.3 is 0 Å². The summed E-state index contributed by atoms with van der Waals surface area (Å²) >= 11 is 0. The predicted octanol–water partition coefficient (Wildman–Crippen LogP) is 0.769. The third kappa shape index (κ3) is 4.90. The Hall–Kier alpha value is -2.19. The molecule has 0 saturated carbocycles. The predicted molar refractivity (Wildman–Crippen MR) is 89.2 cm³/mol. The molecule has 0 aliphatic carbocycles. The molecule has 1 aromatic carbocycles. The van der Waals surface area contributed by atoms with Crippen molar-refractivity contribution in [3.8, 4) is 0 Å². The first kappa shape index (κ1) is 18.2. The molecule has 0 aliphatic rings. The Labute approximate surface area is 141 Å². The van der Waals surface area contributed by atoms with Crippen LogP contribution in [0.25, 0.3) is 0 Å². The Balaban J connectivity index is 1.89. The molecule has 0 saturated heterocycles. The number of benzene rings is 1. The fourth-order valence-electron chi connectivity index (χ4n) is 2.52. The van der Waals surface area contributed by atoms with Gasteiger partial charge in [0.05, 0.1) is 17.3 Å². The van der Waals surface area contributed by atoms with E-state index in [1.54, 1.807) is 28.8 Å². The van der Waals surface area contributed by atoms with Crippen molar-refractivity contribution in [3.63, 3.8) is 0 Å². The van der Waals surface area contributed by atoms with Gasteiger partial charge in [-0.1, -0.05) is 18.2 Å². The van der Waals surface area contributed by atoms with E-state index in [2.05, 4.69) is 4.98 Å². The molecule has 8 heteroatoms. The van der Waals surface area contributed by atoms with Crippen LogP contribution in [-0.4, -0.2) is 41.3 Å². The molecule has 24 heavy (non-hydrogen) atoms. The molecule has 0 spiro atoms. The highest BCUT2D eigenvalue weighted by molar-refractivity contribution is 7.90. The summed E-state index contributed by atoms with van der Waals surface area (Å²) in [5.74, 6) is -0.611. The number of imidazole rings is 1. The highest BCUT2D eigenvalue weighted by Crippen LogP contribution is 2.18. The van der Waals surface area contributed by atoms with Crippen molar-refractivity contribution in [2.45, 2.75) is 36.8 Å². The lowest BCUT2D eigenvalue weighted by atomic mass is 10.1. The number of nitrogens with two attached hydrogens (primary N) is 1. The van der Waals surface area contributed by atoms with E-state index in [9.17, 15) is 18.3 Å². The van der Waals surface area contributed by atoms with E-state index < -0.39 is 21.8 Å². The number of hydrogen-bond donors (Lipinski definition) is 2. The van der Waals surface area contributed by atoms with Gasteiger partial charge in [0.1, 0.15) is 5.69 Å². The minimum atomic E-state index is -3.26. The van der Waals surface area contributed by atoms with Gasteiger partial charge in [0, 0.05) is 19.0 Å². The van der Waals surface area contributed by atoms with Crippen LogP contribution in [0, 0.1) is 0 Å². The van der Waals surface area contributed by atoms with E-state index in [4.69, 9.17) is 5.73 Å². The molecule has 0 unspecified atom stereocenters. The third-order valence-electron chi connectivity index (χ3n) is 3.66. The first-order chi connectivity index (χ1) is 11.3. The maximum Gasteiger partial charge on any atom is 0.268 e. The lowest BCUT2D eigenvalue weighted by Crippen LogP contribution is -2.16. The number of nitrogens with zero attached hydrogens (tertiary/aromatic N) is 2. The summed E-state index contributed by atoms with van der Waals surface area (Å²) in [6, 6.07) is 6.89. The zero-order valence-electron chi connectivity index (χ0n) is 13.4. The van der Waals surface area contributed by atoms with Gasteiger partial charge < -0.3 is 15.4 Å². The Bertz CT molecular complexity index is 814. The van der Waals surface area contributed by atoms with E-state index in [0.29, 0.717) is 30.7 Å². The third-order valence-corrected chi connectivity index (χ3v) is 4.86. The Kier molecular flexibility index (Phi) is 5.74. The lowest BCUT2D eigenvalue weighted by Gasteiger charge is -2.12. The van der Waals surface area contributed by atoms with Gasteiger partial charge in [0.25, 0.3) is 5.91 Å². The van der Waals surface area contributed by atoms with Gasteiger partial charge in [-0.15, -0.1) is 0 Å². The smallest absolute Gasteiger partial charge is 0.268 e. The number of aryl methyl sites for hydroxylation is 1. The minimum absolute atomic E-state index is 0.157. The number of carbonyl (C=O) groups excluding carboxylic acids is 1. The average molecular weight is 351 g/mol. The van der Waals surface area contributed by atoms with Crippen LogP contribution in [0.4, 0.5) is 0 Å². The summed E-state index contributed by atoms with van der Waals surface area (Å²) in [6.07, 6.45) is 5.22. The first-order valence-electron chi connectivity index (χ1n) is 7.55. The highest BCUT2D eigenvalue weighted by Gasteiger charge is 2.13. The number of amides is 1. The number of sulfone groups is 1. The van der Waals surface area contributed by atoms with E-state index >= 15 is 0 Å². The van der Waals surface area contributed by atoms with E-state index in [1.165, 1.54) is 18.8 Å². The van der Waals surface area contributed by atoms with Crippen LogP contribution < -0.4 is 5.73 Å². The molecule has 2 rings (SSSR count). The van der Waals surface area contributed by atoms with Crippen molar-refractivity contribution in [1.29, 1.82) is 0 Å². The van der Waals surface area contributed by atoms with Gasteiger partial charge in [0.2, 0.25) is 0 Å². The summed E-state index contributed by atoms with van der Waals surface area (Å²) in [7, 11) is -3.26. The molecule has 0 fully saturated rings. The molecule has 1 aromatic heterocycles. The Morgan fingerprint density at radius 3 is 2.71 bits per heavy atom. The second kappa shape index (κ2) is 7.59. The maximum absolute atomic E-state index is 11.8. The number of aromatic nitrogens is 2. The summed E-state index contributed by atoms with van der Waals surface area (Å²) in [6.45, 7) is 0.300. The van der Waals surface area contributed by atoms with Crippen LogP contribution in [-0.2, 0) is 22.8 Å². The number of rotatable bonds is 8. The normalized spacial score (nSPS) is 12.9. The van der Waals surface area contributed by atoms with Crippen LogP contribution in [0.2, 0.25) is 0 Å². The molecule has 2 aromatic rings. The summed E-state index contributed by atoms with van der Waals surface area (Å²) in [4.78, 5) is 15.2. The molecule has 0 radical (unpaired) electrons. The number of aliphatic hydroxyl groups is 1. The van der Waals surface area contributed by atoms with Gasteiger partial charge in [-0.05, 0) is 30.9 Å². The molecule has 130 valence electrons. The van der Waals surface area contributed by atoms with Crippen LogP contribution in [0.5, 0.6) is 0 Å². The second-order valence-corrected chi connectivity index (χ2v) is 7.73. The van der Waals surface area contributed by atoms with Crippen LogP contribution in [0.3, 0.4) is 0 Å². The molecule has 1 amide bonds. The standard InChI is InChI=1S/C16H21N3O4S/c1-24(22,23)15-8-3-2-5-12(15)6-4-7-13(20)9-19-10-14(16(17)21)18-11-19/h2-3,5,8,10-11,13,20H,4,6-7,9H2,1H3,(H2,17,21)/t13-/m0/s1. The number of aliphatic hydroxyl groups excluding tert-OH is 1. The molecular weight excluding hydrogens is 330 g/mol. The minimum Gasteiger partial charge on any atom is -0.391 e. The first-order valence-corrected chi connectivity index (χ1v) is 9.44. The number of hydrogen-bond acceptors (Lipinski definition) is 5.